The Kier molecular flexibility index (Phi) is 3.92. The number of likely N-dealkylation sites (tertiary alicyclic amines) is 1. The van der Waals surface area contributed by atoms with Gasteiger partial charge in [0.1, 0.15) is 5.54 Å². The summed E-state index contributed by atoms with van der Waals surface area (Å²) in [6.07, 6.45) is 3.31. The lowest BCUT2D eigenvalue weighted by Gasteiger charge is -2.23. The number of rotatable bonds is 6. The maximum atomic E-state index is 12.5. The van der Waals surface area contributed by atoms with Gasteiger partial charge in [-0.3, -0.25) is 14.6 Å². The van der Waals surface area contributed by atoms with Crippen molar-refractivity contribution in [2.45, 2.75) is 44.7 Å². The highest BCUT2D eigenvalue weighted by atomic mass is 16.5. The normalized spacial score (nSPS) is 30.0. The molecule has 3 rings (SSSR count). The zero-order valence-corrected chi connectivity index (χ0v) is 12.9. The van der Waals surface area contributed by atoms with Gasteiger partial charge in [0.05, 0.1) is 6.61 Å². The standard InChI is InChI=1S/C15H25N3O3/c1-11(2)18-13(19)15(16-14(18)20)5-6-17(10-15)7-8-21-9-12-3-4-12/h11-12H,3-10H2,1-2H3,(H,16,20)/t15-/m0/s1. The Morgan fingerprint density at radius 2 is 2.14 bits per heavy atom. The predicted octanol–water partition coefficient (Wildman–Crippen LogP) is 0.818. The van der Waals surface area contributed by atoms with E-state index in [9.17, 15) is 9.59 Å². The maximum absolute atomic E-state index is 12.5. The maximum Gasteiger partial charge on any atom is 0.325 e. The SMILES string of the molecule is CC(C)N1C(=O)N[C@]2(CCN(CCOCC3CC3)C2)C1=O. The van der Waals surface area contributed by atoms with Crippen molar-refractivity contribution in [1.29, 1.82) is 0 Å². The average molecular weight is 295 g/mol. The molecule has 2 heterocycles. The molecule has 0 aromatic heterocycles. The van der Waals surface area contributed by atoms with Crippen LogP contribution in [0.1, 0.15) is 33.1 Å². The van der Waals surface area contributed by atoms with Crippen LogP contribution in [-0.4, -0.2) is 66.2 Å². The summed E-state index contributed by atoms with van der Waals surface area (Å²) in [5, 5.41) is 2.91. The van der Waals surface area contributed by atoms with Gasteiger partial charge in [-0.2, -0.15) is 0 Å². The Balaban J connectivity index is 1.50. The number of imide groups is 1. The summed E-state index contributed by atoms with van der Waals surface area (Å²) >= 11 is 0. The fourth-order valence-corrected chi connectivity index (χ4v) is 3.19. The monoisotopic (exact) mass is 295 g/mol. The number of amides is 3. The minimum Gasteiger partial charge on any atom is -0.380 e. The largest absolute Gasteiger partial charge is 0.380 e. The number of nitrogens with one attached hydrogen (secondary N) is 1. The molecule has 0 aromatic rings. The number of ether oxygens (including phenoxy) is 1. The van der Waals surface area contributed by atoms with Crippen molar-refractivity contribution >= 4 is 11.9 Å². The van der Waals surface area contributed by atoms with Crippen LogP contribution in [0, 0.1) is 5.92 Å². The van der Waals surface area contributed by atoms with Gasteiger partial charge in [0.15, 0.2) is 0 Å². The van der Waals surface area contributed by atoms with Crippen molar-refractivity contribution in [2.75, 3.05) is 32.8 Å². The molecule has 0 unspecified atom stereocenters. The van der Waals surface area contributed by atoms with Crippen LogP contribution in [-0.2, 0) is 9.53 Å². The van der Waals surface area contributed by atoms with Gasteiger partial charge >= 0.3 is 6.03 Å². The molecule has 6 nitrogen and oxygen atoms in total. The van der Waals surface area contributed by atoms with Gasteiger partial charge in [0.2, 0.25) is 0 Å². The van der Waals surface area contributed by atoms with E-state index in [1.165, 1.54) is 17.7 Å². The van der Waals surface area contributed by atoms with Crippen LogP contribution >= 0.6 is 0 Å². The second kappa shape index (κ2) is 5.57. The molecule has 1 saturated carbocycles. The van der Waals surface area contributed by atoms with Crippen molar-refractivity contribution in [1.82, 2.24) is 15.1 Å². The number of hydrogen-bond acceptors (Lipinski definition) is 4. The molecule has 0 bridgehead atoms. The van der Waals surface area contributed by atoms with Crippen molar-refractivity contribution in [2.24, 2.45) is 5.92 Å². The Hall–Kier alpha value is -1.14. The van der Waals surface area contributed by atoms with Crippen molar-refractivity contribution in [3.63, 3.8) is 0 Å². The molecule has 3 fully saturated rings. The smallest absolute Gasteiger partial charge is 0.325 e. The minimum absolute atomic E-state index is 0.0658. The van der Waals surface area contributed by atoms with Gasteiger partial charge in [-0.25, -0.2) is 4.79 Å². The second-order valence-electron chi connectivity index (χ2n) is 6.83. The third-order valence-electron chi connectivity index (χ3n) is 4.66. The zero-order valence-electron chi connectivity index (χ0n) is 12.9. The number of hydrogen-bond donors (Lipinski definition) is 1. The highest BCUT2D eigenvalue weighted by Crippen LogP contribution is 2.30. The molecule has 2 saturated heterocycles. The summed E-state index contributed by atoms with van der Waals surface area (Å²) in [6, 6.07) is -0.338. The van der Waals surface area contributed by atoms with E-state index in [4.69, 9.17) is 4.74 Å². The van der Waals surface area contributed by atoms with E-state index in [2.05, 4.69) is 10.2 Å². The quantitative estimate of drug-likeness (QED) is 0.582. The Bertz CT molecular complexity index is 436. The molecular weight excluding hydrogens is 270 g/mol. The highest BCUT2D eigenvalue weighted by Gasteiger charge is 2.55. The zero-order chi connectivity index (χ0) is 15.0. The van der Waals surface area contributed by atoms with E-state index < -0.39 is 5.54 Å². The van der Waals surface area contributed by atoms with Gasteiger partial charge in [-0.05, 0) is 39.0 Å². The third kappa shape index (κ3) is 2.92. The molecule has 118 valence electrons. The van der Waals surface area contributed by atoms with E-state index in [0.717, 1.165) is 25.6 Å². The van der Waals surface area contributed by atoms with Gasteiger partial charge in [-0.15, -0.1) is 0 Å². The number of nitrogens with zero attached hydrogens (tertiary/aromatic N) is 2. The topological polar surface area (TPSA) is 61.9 Å². The van der Waals surface area contributed by atoms with Crippen LogP contribution in [0.15, 0.2) is 0 Å². The fourth-order valence-electron chi connectivity index (χ4n) is 3.19. The van der Waals surface area contributed by atoms with Crippen molar-refractivity contribution in [3.05, 3.63) is 0 Å². The lowest BCUT2D eigenvalue weighted by Crippen LogP contribution is -2.49. The van der Waals surface area contributed by atoms with Gasteiger partial charge in [0, 0.05) is 32.3 Å². The Morgan fingerprint density at radius 3 is 2.76 bits per heavy atom. The molecular formula is C15H25N3O3. The molecule has 3 aliphatic rings. The molecule has 1 atom stereocenters. The van der Waals surface area contributed by atoms with E-state index in [-0.39, 0.29) is 18.0 Å². The summed E-state index contributed by atoms with van der Waals surface area (Å²) in [5.41, 5.74) is -0.697. The second-order valence-corrected chi connectivity index (χ2v) is 6.83. The number of carbonyl (C=O) groups is 2. The summed E-state index contributed by atoms with van der Waals surface area (Å²) in [4.78, 5) is 28.1. The van der Waals surface area contributed by atoms with Gasteiger partial charge in [-0.1, -0.05) is 0 Å². The first kappa shape index (κ1) is 14.8. The summed E-state index contributed by atoms with van der Waals surface area (Å²) in [6.45, 7) is 7.60. The van der Waals surface area contributed by atoms with Crippen LogP contribution in [0.5, 0.6) is 0 Å². The number of carbonyl (C=O) groups excluding carboxylic acids is 2. The van der Waals surface area contributed by atoms with Crippen molar-refractivity contribution < 1.29 is 14.3 Å². The summed E-state index contributed by atoms with van der Waals surface area (Å²) in [5.74, 6) is 0.717. The first-order chi connectivity index (χ1) is 10.0. The van der Waals surface area contributed by atoms with Crippen LogP contribution in [0.4, 0.5) is 4.79 Å². The molecule has 3 amide bonds. The van der Waals surface area contributed by atoms with Gasteiger partial charge in [0.25, 0.3) is 5.91 Å². The molecule has 0 radical (unpaired) electrons. The van der Waals surface area contributed by atoms with Crippen LogP contribution in [0.25, 0.3) is 0 Å². The molecule has 6 heteroatoms. The molecule has 1 N–H and O–H groups in total. The molecule has 2 aliphatic heterocycles. The first-order valence-electron chi connectivity index (χ1n) is 7.98. The Labute approximate surface area is 125 Å². The Morgan fingerprint density at radius 1 is 1.38 bits per heavy atom. The summed E-state index contributed by atoms with van der Waals surface area (Å²) in [7, 11) is 0. The van der Waals surface area contributed by atoms with Crippen LogP contribution in [0.2, 0.25) is 0 Å². The van der Waals surface area contributed by atoms with Crippen molar-refractivity contribution in [3.8, 4) is 0 Å². The van der Waals surface area contributed by atoms with E-state index in [1.807, 2.05) is 13.8 Å². The minimum atomic E-state index is -0.697. The molecule has 21 heavy (non-hydrogen) atoms. The molecule has 1 spiro atoms. The van der Waals surface area contributed by atoms with Crippen LogP contribution < -0.4 is 5.32 Å². The van der Waals surface area contributed by atoms with E-state index in [0.29, 0.717) is 19.6 Å². The lowest BCUT2D eigenvalue weighted by molar-refractivity contribution is -0.132. The van der Waals surface area contributed by atoms with Gasteiger partial charge < -0.3 is 10.1 Å². The van der Waals surface area contributed by atoms with Crippen LogP contribution in [0.3, 0.4) is 0 Å². The lowest BCUT2D eigenvalue weighted by atomic mass is 9.99. The third-order valence-corrected chi connectivity index (χ3v) is 4.66. The highest BCUT2D eigenvalue weighted by molar-refractivity contribution is 6.07. The fraction of sp³-hybridized carbons (Fsp3) is 0.867. The summed E-state index contributed by atoms with van der Waals surface area (Å²) < 4.78 is 5.65. The molecule has 1 aliphatic carbocycles. The average Bonchev–Trinajstić information content (AvgIpc) is 3.10. The molecule has 0 aromatic carbocycles. The van der Waals surface area contributed by atoms with E-state index >= 15 is 0 Å². The first-order valence-corrected chi connectivity index (χ1v) is 7.98. The number of urea groups is 1. The predicted molar refractivity (Wildman–Crippen MR) is 77.8 cm³/mol. The van der Waals surface area contributed by atoms with E-state index in [1.54, 1.807) is 0 Å².